The third kappa shape index (κ3) is 4.55. The molecule has 0 unspecified atom stereocenters. The summed E-state index contributed by atoms with van der Waals surface area (Å²) < 4.78 is 9.41. The van der Waals surface area contributed by atoms with Crippen LogP contribution < -0.4 is 5.32 Å². The minimum atomic E-state index is -0.189. The molecule has 0 spiro atoms. The van der Waals surface area contributed by atoms with E-state index in [1.807, 2.05) is 0 Å². The molecule has 1 N–H and O–H groups in total. The zero-order valence-electron chi connectivity index (χ0n) is 8.95. The van der Waals surface area contributed by atoms with Crippen LogP contribution in [0.4, 0.5) is 0 Å². The highest BCUT2D eigenvalue weighted by Crippen LogP contribution is 1.95. The van der Waals surface area contributed by atoms with Crippen LogP contribution in [0.3, 0.4) is 0 Å². The molecule has 0 aliphatic heterocycles. The quantitative estimate of drug-likeness (QED) is 0.545. The molecule has 0 aromatic carbocycles. The van der Waals surface area contributed by atoms with Crippen LogP contribution in [-0.4, -0.2) is 29.8 Å². The van der Waals surface area contributed by atoms with Gasteiger partial charge in [-0.1, -0.05) is 5.16 Å². The fourth-order valence-electron chi connectivity index (χ4n) is 1.07. The van der Waals surface area contributed by atoms with Gasteiger partial charge in [0.25, 0.3) is 0 Å². The molecule has 1 rings (SSSR count). The summed E-state index contributed by atoms with van der Waals surface area (Å²) in [6, 6.07) is 0. The van der Waals surface area contributed by atoms with Gasteiger partial charge in [0.05, 0.1) is 13.7 Å². The molecule has 1 aromatic heterocycles. The highest BCUT2D eigenvalue weighted by atomic mass is 16.5. The van der Waals surface area contributed by atoms with Crippen LogP contribution in [0, 0.1) is 6.92 Å². The monoisotopic (exact) mass is 213 g/mol. The smallest absolute Gasteiger partial charge is 0.305 e. The molecule has 0 bridgehead atoms. The van der Waals surface area contributed by atoms with E-state index >= 15 is 0 Å². The van der Waals surface area contributed by atoms with Crippen LogP contribution in [0.5, 0.6) is 0 Å². The minimum absolute atomic E-state index is 0.189. The lowest BCUT2D eigenvalue weighted by molar-refractivity contribution is -0.140. The van der Waals surface area contributed by atoms with Crippen molar-refractivity contribution in [1.82, 2.24) is 15.5 Å². The van der Waals surface area contributed by atoms with E-state index in [0.29, 0.717) is 24.7 Å². The molecule has 1 aromatic rings. The van der Waals surface area contributed by atoms with Gasteiger partial charge in [-0.05, 0) is 19.9 Å². The largest absolute Gasteiger partial charge is 0.469 e. The van der Waals surface area contributed by atoms with Crippen molar-refractivity contribution in [2.24, 2.45) is 0 Å². The summed E-state index contributed by atoms with van der Waals surface area (Å²) in [4.78, 5) is 14.8. The molecule has 0 fully saturated rings. The predicted molar refractivity (Wildman–Crippen MR) is 52.0 cm³/mol. The topological polar surface area (TPSA) is 77.2 Å². The predicted octanol–water partition coefficient (Wildman–Crippen LogP) is 0.421. The maximum atomic E-state index is 10.8. The van der Waals surface area contributed by atoms with Gasteiger partial charge in [-0.2, -0.15) is 4.98 Å². The fourth-order valence-corrected chi connectivity index (χ4v) is 1.07. The number of aryl methyl sites for hydroxylation is 1. The van der Waals surface area contributed by atoms with E-state index in [1.165, 1.54) is 7.11 Å². The Hall–Kier alpha value is -1.43. The van der Waals surface area contributed by atoms with E-state index in [9.17, 15) is 4.79 Å². The Kier molecular flexibility index (Phi) is 4.76. The zero-order chi connectivity index (χ0) is 11.1. The Morgan fingerprint density at radius 3 is 3.00 bits per heavy atom. The van der Waals surface area contributed by atoms with Gasteiger partial charge in [0.1, 0.15) is 0 Å². The van der Waals surface area contributed by atoms with E-state index in [2.05, 4.69) is 20.2 Å². The highest BCUT2D eigenvalue weighted by molar-refractivity contribution is 5.68. The number of rotatable bonds is 6. The Morgan fingerprint density at radius 2 is 2.40 bits per heavy atom. The van der Waals surface area contributed by atoms with Crippen LogP contribution in [0.15, 0.2) is 4.52 Å². The number of methoxy groups -OCH3 is 1. The summed E-state index contributed by atoms with van der Waals surface area (Å²) in [7, 11) is 1.39. The molecule has 0 amide bonds. The molecule has 0 aliphatic rings. The van der Waals surface area contributed by atoms with Gasteiger partial charge < -0.3 is 14.6 Å². The Morgan fingerprint density at radius 1 is 1.60 bits per heavy atom. The molecule has 0 saturated carbocycles. The number of carbonyl (C=O) groups excluding carboxylic acids is 1. The average molecular weight is 213 g/mol. The van der Waals surface area contributed by atoms with E-state index in [-0.39, 0.29) is 5.97 Å². The molecular formula is C9H15N3O3. The first-order valence-corrected chi connectivity index (χ1v) is 4.79. The van der Waals surface area contributed by atoms with Gasteiger partial charge >= 0.3 is 5.97 Å². The van der Waals surface area contributed by atoms with Crippen molar-refractivity contribution in [2.45, 2.75) is 26.3 Å². The third-order valence-corrected chi connectivity index (χ3v) is 1.81. The standard InChI is InChI=1S/C9H15N3O3/c1-7-11-8(15-12-7)6-10-5-3-4-9(13)14-2/h10H,3-6H2,1-2H3. The van der Waals surface area contributed by atoms with E-state index in [1.54, 1.807) is 6.92 Å². The number of ether oxygens (including phenoxy) is 1. The third-order valence-electron chi connectivity index (χ3n) is 1.81. The lowest BCUT2D eigenvalue weighted by Gasteiger charge is -2.00. The lowest BCUT2D eigenvalue weighted by atomic mass is 10.3. The molecule has 0 aliphatic carbocycles. The second-order valence-electron chi connectivity index (χ2n) is 3.09. The van der Waals surface area contributed by atoms with E-state index < -0.39 is 0 Å². The molecule has 0 radical (unpaired) electrons. The molecule has 15 heavy (non-hydrogen) atoms. The van der Waals surface area contributed by atoms with Crippen molar-refractivity contribution >= 4 is 5.97 Å². The summed E-state index contributed by atoms with van der Waals surface area (Å²) in [5.41, 5.74) is 0. The van der Waals surface area contributed by atoms with Crippen molar-refractivity contribution in [2.75, 3.05) is 13.7 Å². The van der Waals surface area contributed by atoms with Crippen LogP contribution >= 0.6 is 0 Å². The molecular weight excluding hydrogens is 198 g/mol. The number of hydrogen-bond donors (Lipinski definition) is 1. The number of nitrogens with zero attached hydrogens (tertiary/aromatic N) is 2. The molecule has 84 valence electrons. The first-order valence-electron chi connectivity index (χ1n) is 4.79. The number of esters is 1. The molecule has 0 saturated heterocycles. The number of aromatic nitrogens is 2. The first-order chi connectivity index (χ1) is 7.22. The van der Waals surface area contributed by atoms with Gasteiger partial charge in [-0.25, -0.2) is 0 Å². The van der Waals surface area contributed by atoms with Gasteiger partial charge in [-0.15, -0.1) is 0 Å². The normalized spacial score (nSPS) is 10.3. The lowest BCUT2D eigenvalue weighted by Crippen LogP contribution is -2.16. The summed E-state index contributed by atoms with van der Waals surface area (Å²) in [5, 5.41) is 6.75. The minimum Gasteiger partial charge on any atom is -0.469 e. The molecule has 6 nitrogen and oxygen atoms in total. The Balaban J connectivity index is 2.05. The van der Waals surface area contributed by atoms with Crippen LogP contribution in [0.1, 0.15) is 24.6 Å². The Bertz CT molecular complexity index is 311. The summed E-state index contributed by atoms with van der Waals surface area (Å²) in [5.74, 6) is 0.998. The van der Waals surface area contributed by atoms with E-state index in [0.717, 1.165) is 13.0 Å². The van der Waals surface area contributed by atoms with Gasteiger partial charge in [-0.3, -0.25) is 4.79 Å². The van der Waals surface area contributed by atoms with Crippen molar-refractivity contribution in [3.05, 3.63) is 11.7 Å². The number of hydrogen-bond acceptors (Lipinski definition) is 6. The number of carbonyl (C=O) groups is 1. The fraction of sp³-hybridized carbons (Fsp3) is 0.667. The van der Waals surface area contributed by atoms with Crippen LogP contribution in [-0.2, 0) is 16.1 Å². The van der Waals surface area contributed by atoms with Crippen molar-refractivity contribution in [3.63, 3.8) is 0 Å². The second kappa shape index (κ2) is 6.13. The van der Waals surface area contributed by atoms with Crippen molar-refractivity contribution in [3.8, 4) is 0 Å². The average Bonchev–Trinajstić information content (AvgIpc) is 2.63. The van der Waals surface area contributed by atoms with Crippen LogP contribution in [0.2, 0.25) is 0 Å². The maximum absolute atomic E-state index is 10.8. The van der Waals surface area contributed by atoms with Crippen LogP contribution in [0.25, 0.3) is 0 Å². The maximum Gasteiger partial charge on any atom is 0.305 e. The SMILES string of the molecule is COC(=O)CCCNCc1nc(C)no1. The summed E-state index contributed by atoms with van der Waals surface area (Å²) >= 11 is 0. The van der Waals surface area contributed by atoms with Gasteiger partial charge in [0.2, 0.25) is 5.89 Å². The summed E-state index contributed by atoms with van der Waals surface area (Å²) in [6.45, 7) is 3.02. The van der Waals surface area contributed by atoms with Crippen molar-refractivity contribution < 1.29 is 14.1 Å². The molecule has 0 atom stereocenters. The second-order valence-corrected chi connectivity index (χ2v) is 3.09. The van der Waals surface area contributed by atoms with Gasteiger partial charge in [0, 0.05) is 6.42 Å². The summed E-state index contributed by atoms with van der Waals surface area (Å²) in [6.07, 6.45) is 1.16. The van der Waals surface area contributed by atoms with Gasteiger partial charge in [0.15, 0.2) is 5.82 Å². The molecule has 1 heterocycles. The molecule has 6 heteroatoms. The van der Waals surface area contributed by atoms with E-state index in [4.69, 9.17) is 4.52 Å². The first kappa shape index (κ1) is 11.6. The Labute approximate surface area is 88.0 Å². The van der Waals surface area contributed by atoms with Crippen molar-refractivity contribution in [1.29, 1.82) is 0 Å². The highest BCUT2D eigenvalue weighted by Gasteiger charge is 2.02. The zero-order valence-corrected chi connectivity index (χ0v) is 8.95. The number of nitrogens with one attached hydrogen (secondary N) is 1.